The predicted molar refractivity (Wildman–Crippen MR) is 83.2 cm³/mol. The quantitative estimate of drug-likeness (QED) is 0.884. The van der Waals surface area contributed by atoms with Gasteiger partial charge in [0.15, 0.2) is 0 Å². The molecule has 4 nitrogen and oxygen atoms in total. The smallest absolute Gasteiger partial charge is 0.407 e. The summed E-state index contributed by atoms with van der Waals surface area (Å²) in [5, 5.41) is 6.14. The Hall–Kier alpha value is -1.71. The molecule has 1 aromatic rings. The van der Waals surface area contributed by atoms with E-state index < -0.39 is 5.60 Å². The summed E-state index contributed by atoms with van der Waals surface area (Å²) >= 11 is 0. The van der Waals surface area contributed by atoms with Gasteiger partial charge in [0.25, 0.3) is 0 Å². The lowest BCUT2D eigenvalue weighted by atomic mass is 10.1. The molecular weight excluding hydrogens is 252 g/mol. The molecule has 0 spiro atoms. The van der Waals surface area contributed by atoms with Gasteiger partial charge in [0.05, 0.1) is 0 Å². The first-order valence-electron chi connectivity index (χ1n) is 6.97. The Bertz CT molecular complexity index is 444. The summed E-state index contributed by atoms with van der Waals surface area (Å²) < 4.78 is 5.20. The Kier molecular flexibility index (Phi) is 5.43. The molecule has 0 heterocycles. The summed E-state index contributed by atoms with van der Waals surface area (Å²) in [6.07, 6.45) is -0.383. The Balaban J connectivity index is 2.44. The van der Waals surface area contributed by atoms with Gasteiger partial charge in [0, 0.05) is 18.3 Å². The van der Waals surface area contributed by atoms with E-state index in [0.29, 0.717) is 6.54 Å². The Labute approximate surface area is 121 Å². The van der Waals surface area contributed by atoms with Crippen molar-refractivity contribution < 1.29 is 9.53 Å². The third-order valence-electron chi connectivity index (χ3n) is 2.59. The Morgan fingerprint density at radius 3 is 2.25 bits per heavy atom. The largest absolute Gasteiger partial charge is 0.444 e. The number of aryl methyl sites for hydroxylation is 2. The molecule has 0 fully saturated rings. The van der Waals surface area contributed by atoms with Crippen LogP contribution in [0.25, 0.3) is 0 Å². The SMILES string of the molecule is Cc1cc(C)cc(NC(C)CNC(=O)OC(C)(C)C)c1. The molecule has 4 heteroatoms. The van der Waals surface area contributed by atoms with Gasteiger partial charge in [-0.25, -0.2) is 4.79 Å². The van der Waals surface area contributed by atoms with E-state index in [9.17, 15) is 4.79 Å². The summed E-state index contributed by atoms with van der Waals surface area (Å²) in [7, 11) is 0. The average Bonchev–Trinajstić information content (AvgIpc) is 2.22. The van der Waals surface area contributed by atoms with E-state index in [1.165, 1.54) is 11.1 Å². The van der Waals surface area contributed by atoms with Crippen molar-refractivity contribution in [3.63, 3.8) is 0 Å². The minimum absolute atomic E-state index is 0.128. The maximum Gasteiger partial charge on any atom is 0.407 e. The zero-order chi connectivity index (χ0) is 15.3. The van der Waals surface area contributed by atoms with E-state index in [0.717, 1.165) is 5.69 Å². The highest BCUT2D eigenvalue weighted by Gasteiger charge is 2.16. The molecule has 112 valence electrons. The number of hydrogen-bond acceptors (Lipinski definition) is 3. The van der Waals surface area contributed by atoms with Crippen molar-refractivity contribution in [3.05, 3.63) is 29.3 Å². The predicted octanol–water partition coefficient (Wildman–Crippen LogP) is 3.63. The van der Waals surface area contributed by atoms with Gasteiger partial charge in [-0.05, 0) is 64.8 Å². The van der Waals surface area contributed by atoms with Crippen molar-refractivity contribution in [1.29, 1.82) is 0 Å². The van der Waals surface area contributed by atoms with Crippen molar-refractivity contribution >= 4 is 11.8 Å². The highest BCUT2D eigenvalue weighted by molar-refractivity contribution is 5.67. The summed E-state index contributed by atoms with van der Waals surface area (Å²) in [5.41, 5.74) is 3.05. The van der Waals surface area contributed by atoms with Crippen molar-refractivity contribution in [3.8, 4) is 0 Å². The van der Waals surface area contributed by atoms with Crippen LogP contribution in [0.3, 0.4) is 0 Å². The van der Waals surface area contributed by atoms with Crippen molar-refractivity contribution in [2.24, 2.45) is 0 Å². The fourth-order valence-electron chi connectivity index (χ4n) is 1.94. The van der Waals surface area contributed by atoms with Crippen LogP contribution in [0.4, 0.5) is 10.5 Å². The van der Waals surface area contributed by atoms with Crippen LogP contribution in [0.2, 0.25) is 0 Å². The number of carbonyl (C=O) groups excluding carboxylic acids is 1. The van der Waals surface area contributed by atoms with Gasteiger partial charge in [-0.2, -0.15) is 0 Å². The molecular formula is C16H26N2O2. The number of benzene rings is 1. The number of hydrogen-bond donors (Lipinski definition) is 2. The number of ether oxygens (including phenoxy) is 1. The van der Waals surface area contributed by atoms with E-state index in [1.807, 2.05) is 27.7 Å². The minimum Gasteiger partial charge on any atom is -0.444 e. The summed E-state index contributed by atoms with van der Waals surface area (Å²) in [4.78, 5) is 11.6. The van der Waals surface area contributed by atoms with Crippen LogP contribution in [-0.2, 0) is 4.74 Å². The first kappa shape index (κ1) is 16.3. The van der Waals surface area contributed by atoms with Crippen molar-refractivity contribution in [2.45, 2.75) is 53.2 Å². The second-order valence-corrected chi connectivity index (χ2v) is 6.30. The maximum atomic E-state index is 11.6. The zero-order valence-electron chi connectivity index (χ0n) is 13.3. The van der Waals surface area contributed by atoms with E-state index in [1.54, 1.807) is 0 Å². The second kappa shape index (κ2) is 6.64. The number of anilines is 1. The van der Waals surface area contributed by atoms with Crippen molar-refractivity contribution in [2.75, 3.05) is 11.9 Å². The highest BCUT2D eigenvalue weighted by atomic mass is 16.6. The fourth-order valence-corrected chi connectivity index (χ4v) is 1.94. The third-order valence-corrected chi connectivity index (χ3v) is 2.59. The van der Waals surface area contributed by atoms with Gasteiger partial charge in [-0.3, -0.25) is 0 Å². The van der Waals surface area contributed by atoms with Gasteiger partial charge in [-0.1, -0.05) is 6.07 Å². The molecule has 0 saturated carbocycles. The van der Waals surface area contributed by atoms with Gasteiger partial charge >= 0.3 is 6.09 Å². The molecule has 0 aliphatic rings. The van der Waals surface area contributed by atoms with Crippen LogP contribution < -0.4 is 10.6 Å². The molecule has 1 amide bonds. The minimum atomic E-state index is -0.464. The molecule has 0 aliphatic heterocycles. The van der Waals surface area contributed by atoms with Crippen LogP contribution in [0.5, 0.6) is 0 Å². The highest BCUT2D eigenvalue weighted by Crippen LogP contribution is 2.14. The Morgan fingerprint density at radius 2 is 1.75 bits per heavy atom. The molecule has 20 heavy (non-hydrogen) atoms. The lowest BCUT2D eigenvalue weighted by Gasteiger charge is -2.21. The van der Waals surface area contributed by atoms with Crippen LogP contribution >= 0.6 is 0 Å². The maximum absolute atomic E-state index is 11.6. The van der Waals surface area contributed by atoms with Crippen LogP contribution in [0.15, 0.2) is 18.2 Å². The molecule has 1 rings (SSSR count). The van der Waals surface area contributed by atoms with Gasteiger partial charge in [0.2, 0.25) is 0 Å². The standard InChI is InChI=1S/C16H26N2O2/c1-11-7-12(2)9-14(8-11)18-13(3)10-17-15(19)20-16(4,5)6/h7-9,13,18H,10H2,1-6H3,(H,17,19). The molecule has 0 saturated heterocycles. The molecule has 0 radical (unpaired) electrons. The fraction of sp³-hybridized carbons (Fsp3) is 0.562. The van der Waals surface area contributed by atoms with Crippen molar-refractivity contribution in [1.82, 2.24) is 5.32 Å². The molecule has 0 bridgehead atoms. The lowest BCUT2D eigenvalue weighted by Crippen LogP contribution is -2.38. The van der Waals surface area contributed by atoms with E-state index in [2.05, 4.69) is 42.7 Å². The normalized spacial score (nSPS) is 12.7. The topological polar surface area (TPSA) is 50.4 Å². The molecule has 0 aliphatic carbocycles. The van der Waals surface area contributed by atoms with Crippen LogP contribution in [-0.4, -0.2) is 24.3 Å². The van der Waals surface area contributed by atoms with Gasteiger partial charge in [0.1, 0.15) is 5.60 Å². The number of rotatable bonds is 4. The van der Waals surface area contributed by atoms with E-state index in [-0.39, 0.29) is 12.1 Å². The molecule has 2 N–H and O–H groups in total. The first-order valence-corrected chi connectivity index (χ1v) is 6.97. The van der Waals surface area contributed by atoms with Crippen LogP contribution in [0, 0.1) is 13.8 Å². The average molecular weight is 278 g/mol. The van der Waals surface area contributed by atoms with E-state index >= 15 is 0 Å². The molecule has 0 aromatic heterocycles. The molecule has 1 atom stereocenters. The number of carbonyl (C=O) groups is 1. The Morgan fingerprint density at radius 1 is 1.20 bits per heavy atom. The second-order valence-electron chi connectivity index (χ2n) is 6.30. The third kappa shape index (κ3) is 6.45. The van der Waals surface area contributed by atoms with Gasteiger partial charge < -0.3 is 15.4 Å². The summed E-state index contributed by atoms with van der Waals surface area (Å²) in [6.45, 7) is 12.2. The number of alkyl carbamates (subject to hydrolysis) is 1. The number of nitrogens with one attached hydrogen (secondary N) is 2. The zero-order valence-corrected chi connectivity index (χ0v) is 13.3. The molecule has 1 unspecified atom stereocenters. The van der Waals surface area contributed by atoms with Gasteiger partial charge in [-0.15, -0.1) is 0 Å². The molecule has 1 aromatic carbocycles. The summed E-state index contributed by atoms with van der Waals surface area (Å²) in [5.74, 6) is 0. The number of amides is 1. The first-order chi connectivity index (χ1) is 9.15. The van der Waals surface area contributed by atoms with E-state index in [4.69, 9.17) is 4.74 Å². The van der Waals surface area contributed by atoms with Crippen LogP contribution in [0.1, 0.15) is 38.8 Å². The lowest BCUT2D eigenvalue weighted by molar-refractivity contribution is 0.0526. The monoisotopic (exact) mass is 278 g/mol. The summed E-state index contributed by atoms with van der Waals surface area (Å²) in [6, 6.07) is 6.45.